The predicted molar refractivity (Wildman–Crippen MR) is 123 cm³/mol. The van der Waals surface area contributed by atoms with E-state index >= 15 is 0 Å². The topological polar surface area (TPSA) is 130 Å². The van der Waals surface area contributed by atoms with E-state index in [0.29, 0.717) is 35.9 Å². The Bertz CT molecular complexity index is 1120. The summed E-state index contributed by atoms with van der Waals surface area (Å²) in [5, 5.41) is 0. The number of amides is 1. The molecule has 1 saturated carbocycles. The van der Waals surface area contributed by atoms with Crippen molar-refractivity contribution >= 4 is 33.8 Å². The highest BCUT2D eigenvalue weighted by Crippen LogP contribution is 2.38. The zero-order chi connectivity index (χ0) is 23.1. The fourth-order valence-corrected chi connectivity index (χ4v) is 5.44. The first kappa shape index (κ1) is 22.4. The minimum absolute atomic E-state index is 0.0604. The summed E-state index contributed by atoms with van der Waals surface area (Å²) in [7, 11) is -0.529. The van der Waals surface area contributed by atoms with E-state index in [1.807, 2.05) is 11.8 Å². The third-order valence-corrected chi connectivity index (χ3v) is 7.50. The molecule has 32 heavy (non-hydrogen) atoms. The van der Waals surface area contributed by atoms with E-state index in [1.165, 1.54) is 23.2 Å². The number of guanidine groups is 1. The standard InChI is InChI=1S/C21H28N6O4S/c1-21(6-7-21)25-32(29,30)16-4-5-18-17(8-16)19(28)26(12-14(9-22)10-23-2)20-24-11-15(13-31-3)27(18)20/h4-5,8-10,15,25H,6-7,11-13,22H2,1-3H3/b14-9+,23-10?/t15-/m0/s1. The number of sulfonamides is 1. The number of hydrogen-bond donors (Lipinski definition) is 2. The maximum atomic E-state index is 13.5. The fraction of sp³-hybridized carbons (Fsp3) is 0.476. The van der Waals surface area contributed by atoms with Gasteiger partial charge in [-0.15, -0.1) is 0 Å². The Morgan fingerprint density at radius 1 is 1.44 bits per heavy atom. The molecule has 1 amide bonds. The Hall–Kier alpha value is -2.76. The molecule has 1 aromatic rings. The summed E-state index contributed by atoms with van der Waals surface area (Å²) in [5.41, 5.74) is 6.85. The van der Waals surface area contributed by atoms with Crippen molar-refractivity contribution in [3.8, 4) is 0 Å². The van der Waals surface area contributed by atoms with Gasteiger partial charge in [-0.2, -0.15) is 0 Å². The summed E-state index contributed by atoms with van der Waals surface area (Å²) in [6.45, 7) is 2.89. The highest BCUT2D eigenvalue weighted by atomic mass is 32.2. The van der Waals surface area contributed by atoms with Gasteiger partial charge in [-0.3, -0.25) is 14.7 Å². The predicted octanol–water partition coefficient (Wildman–Crippen LogP) is 0.707. The molecule has 0 spiro atoms. The van der Waals surface area contributed by atoms with Gasteiger partial charge in [-0.05, 0) is 38.0 Å². The molecular formula is C21H28N6O4S. The lowest BCUT2D eigenvalue weighted by molar-refractivity contribution is 0.0849. The van der Waals surface area contributed by atoms with E-state index in [2.05, 4.69) is 14.7 Å². The molecule has 1 aliphatic carbocycles. The van der Waals surface area contributed by atoms with Crippen molar-refractivity contribution in [2.45, 2.75) is 36.2 Å². The molecule has 10 nitrogen and oxygen atoms in total. The number of rotatable bonds is 8. The summed E-state index contributed by atoms with van der Waals surface area (Å²) in [4.78, 5) is 25.6. The van der Waals surface area contributed by atoms with Crippen molar-refractivity contribution in [2.24, 2.45) is 15.7 Å². The van der Waals surface area contributed by atoms with E-state index in [1.54, 1.807) is 26.4 Å². The van der Waals surface area contributed by atoms with Crippen molar-refractivity contribution in [3.05, 3.63) is 35.5 Å². The summed E-state index contributed by atoms with van der Waals surface area (Å²) in [6.07, 6.45) is 4.56. The first-order valence-electron chi connectivity index (χ1n) is 10.4. The monoisotopic (exact) mass is 460 g/mol. The molecule has 4 rings (SSSR count). The number of fused-ring (bicyclic) bond motifs is 3. The highest BCUT2D eigenvalue weighted by molar-refractivity contribution is 7.89. The third kappa shape index (κ3) is 4.03. The second-order valence-electron chi connectivity index (χ2n) is 8.49. The number of benzene rings is 1. The highest BCUT2D eigenvalue weighted by Gasteiger charge is 2.44. The third-order valence-electron chi connectivity index (χ3n) is 5.87. The number of ether oxygens (including phenoxy) is 1. The molecule has 0 radical (unpaired) electrons. The van der Waals surface area contributed by atoms with Gasteiger partial charge >= 0.3 is 0 Å². The van der Waals surface area contributed by atoms with Gasteiger partial charge in [0.25, 0.3) is 5.91 Å². The summed E-state index contributed by atoms with van der Waals surface area (Å²) in [6, 6.07) is 4.54. The summed E-state index contributed by atoms with van der Waals surface area (Å²) in [5.74, 6) is 0.152. The molecule has 172 valence electrons. The molecule has 0 aromatic heterocycles. The van der Waals surface area contributed by atoms with Crippen molar-refractivity contribution in [3.63, 3.8) is 0 Å². The Balaban J connectivity index is 1.77. The van der Waals surface area contributed by atoms with Crippen molar-refractivity contribution < 1.29 is 17.9 Å². The van der Waals surface area contributed by atoms with Crippen LogP contribution in [0.15, 0.2) is 44.9 Å². The molecule has 0 saturated heterocycles. The van der Waals surface area contributed by atoms with Gasteiger partial charge < -0.3 is 15.4 Å². The Kier molecular flexibility index (Phi) is 5.82. The average Bonchev–Trinajstić information content (AvgIpc) is 3.32. The van der Waals surface area contributed by atoms with E-state index < -0.39 is 15.6 Å². The molecule has 1 fully saturated rings. The first-order chi connectivity index (χ1) is 15.2. The van der Waals surface area contributed by atoms with E-state index in [4.69, 9.17) is 10.5 Å². The maximum Gasteiger partial charge on any atom is 0.263 e. The van der Waals surface area contributed by atoms with Crippen LogP contribution in [0.1, 0.15) is 30.1 Å². The lowest BCUT2D eigenvalue weighted by atomic mass is 10.1. The van der Waals surface area contributed by atoms with E-state index in [-0.39, 0.29) is 23.4 Å². The maximum absolute atomic E-state index is 13.5. The number of carbonyl (C=O) groups excluding carboxylic acids is 1. The van der Waals surface area contributed by atoms with Crippen LogP contribution in [0.5, 0.6) is 0 Å². The zero-order valence-electron chi connectivity index (χ0n) is 18.4. The van der Waals surface area contributed by atoms with Crippen molar-refractivity contribution in [1.29, 1.82) is 0 Å². The van der Waals surface area contributed by atoms with Crippen LogP contribution in [-0.2, 0) is 14.8 Å². The first-order valence-corrected chi connectivity index (χ1v) is 11.9. The minimum Gasteiger partial charge on any atom is -0.404 e. The van der Waals surface area contributed by atoms with Crippen LogP contribution >= 0.6 is 0 Å². The zero-order valence-corrected chi connectivity index (χ0v) is 19.2. The SMILES string of the molecule is CN=C/C(=C\N)CN1C(=O)c2cc(S(=O)(=O)NC3(C)CC3)ccc2N2C1=NC[C@H]2COC. The number of nitrogens with two attached hydrogens (primary N) is 1. The molecule has 0 bridgehead atoms. The van der Waals surface area contributed by atoms with E-state index in [0.717, 1.165) is 12.8 Å². The van der Waals surface area contributed by atoms with Crippen LogP contribution in [0.4, 0.5) is 5.69 Å². The van der Waals surface area contributed by atoms with Crippen LogP contribution in [0.2, 0.25) is 0 Å². The number of anilines is 1. The minimum atomic E-state index is -3.76. The lowest BCUT2D eigenvalue weighted by Crippen LogP contribution is -2.54. The van der Waals surface area contributed by atoms with Crippen LogP contribution in [0, 0.1) is 0 Å². The number of hydrogen-bond acceptors (Lipinski definition) is 8. The Morgan fingerprint density at radius 3 is 2.81 bits per heavy atom. The second-order valence-corrected chi connectivity index (χ2v) is 10.2. The van der Waals surface area contributed by atoms with Gasteiger partial charge in [0, 0.05) is 37.7 Å². The van der Waals surface area contributed by atoms with Crippen LogP contribution in [0.3, 0.4) is 0 Å². The molecule has 0 unspecified atom stereocenters. The summed E-state index contributed by atoms with van der Waals surface area (Å²) >= 11 is 0. The molecule has 1 aromatic carbocycles. The van der Waals surface area contributed by atoms with E-state index in [9.17, 15) is 13.2 Å². The molecular weight excluding hydrogens is 432 g/mol. The normalized spacial score (nSPS) is 22.2. The molecule has 3 aliphatic rings. The number of nitrogens with zero attached hydrogens (tertiary/aromatic N) is 4. The van der Waals surface area contributed by atoms with Gasteiger partial charge in [0.15, 0.2) is 0 Å². The van der Waals surface area contributed by atoms with Gasteiger partial charge in [0.05, 0.1) is 41.9 Å². The smallest absolute Gasteiger partial charge is 0.263 e. The van der Waals surface area contributed by atoms with Gasteiger partial charge in [0.2, 0.25) is 16.0 Å². The Morgan fingerprint density at radius 2 is 2.19 bits per heavy atom. The second kappa shape index (κ2) is 8.30. The number of carbonyl (C=O) groups is 1. The van der Waals surface area contributed by atoms with Gasteiger partial charge in [0.1, 0.15) is 0 Å². The van der Waals surface area contributed by atoms with Crippen LogP contribution < -0.4 is 15.4 Å². The van der Waals surface area contributed by atoms with Gasteiger partial charge in [-0.1, -0.05) is 0 Å². The lowest BCUT2D eigenvalue weighted by Gasteiger charge is -2.38. The van der Waals surface area contributed by atoms with Crippen molar-refractivity contribution in [2.75, 3.05) is 38.8 Å². The number of methoxy groups -OCH3 is 1. The Labute approximate surface area is 187 Å². The quantitative estimate of drug-likeness (QED) is 0.550. The van der Waals surface area contributed by atoms with Gasteiger partial charge in [-0.25, -0.2) is 18.1 Å². The fourth-order valence-electron chi connectivity index (χ4n) is 3.95. The summed E-state index contributed by atoms with van der Waals surface area (Å²) < 4.78 is 34.0. The molecule has 2 aliphatic heterocycles. The molecule has 11 heteroatoms. The molecule has 1 atom stereocenters. The number of aliphatic imine (C=N–C) groups is 2. The van der Waals surface area contributed by atoms with Crippen LogP contribution in [-0.4, -0.2) is 76.8 Å². The average molecular weight is 461 g/mol. The molecule has 2 heterocycles. The van der Waals surface area contributed by atoms with Crippen LogP contribution in [0.25, 0.3) is 0 Å². The largest absolute Gasteiger partial charge is 0.404 e. The number of nitrogens with one attached hydrogen (secondary N) is 1. The molecule has 3 N–H and O–H groups in total. The van der Waals surface area contributed by atoms with Crippen molar-refractivity contribution in [1.82, 2.24) is 9.62 Å².